The van der Waals surface area contributed by atoms with Gasteiger partial charge in [0.2, 0.25) is 5.91 Å². The lowest BCUT2D eigenvalue weighted by Crippen LogP contribution is -2.54. The molecule has 1 amide bonds. The van der Waals surface area contributed by atoms with Gasteiger partial charge >= 0.3 is 0 Å². The highest BCUT2D eigenvalue weighted by Gasteiger charge is 2.29. The molecular weight excluding hydrogens is 312 g/mol. The van der Waals surface area contributed by atoms with Crippen molar-refractivity contribution in [2.45, 2.75) is 38.1 Å². The van der Waals surface area contributed by atoms with Crippen LogP contribution in [0.1, 0.15) is 32.1 Å². The average Bonchev–Trinajstić information content (AvgIpc) is 2.58. The summed E-state index contributed by atoms with van der Waals surface area (Å²) in [4.78, 5) is 19.8. The Labute approximate surface area is 147 Å². The van der Waals surface area contributed by atoms with Gasteiger partial charge < -0.3 is 15.1 Å². The highest BCUT2D eigenvalue weighted by molar-refractivity contribution is 5.85. The van der Waals surface area contributed by atoms with Gasteiger partial charge in [0.05, 0.1) is 0 Å². The molecule has 0 aromatic heterocycles. The van der Waals surface area contributed by atoms with Gasteiger partial charge in [-0.3, -0.25) is 9.69 Å². The molecule has 5 nitrogen and oxygen atoms in total. The van der Waals surface area contributed by atoms with E-state index in [1.54, 1.807) is 0 Å². The van der Waals surface area contributed by atoms with E-state index in [1.165, 1.54) is 32.4 Å². The second kappa shape index (κ2) is 9.21. The second-order valence-electron chi connectivity index (χ2n) is 7.28. The molecule has 0 spiro atoms. The van der Waals surface area contributed by atoms with Crippen molar-refractivity contribution in [2.75, 3.05) is 59.4 Å². The predicted molar refractivity (Wildman–Crippen MR) is 96.1 cm³/mol. The first-order valence-electron chi connectivity index (χ1n) is 9.16. The zero-order chi connectivity index (χ0) is 15.4. The third-order valence-electron chi connectivity index (χ3n) is 5.76. The Hall–Kier alpha value is -0.360. The van der Waals surface area contributed by atoms with E-state index in [0.717, 1.165) is 58.2 Å². The predicted octanol–water partition coefficient (Wildman–Crippen LogP) is 1.04. The van der Waals surface area contributed by atoms with Gasteiger partial charge in [-0.15, -0.1) is 12.4 Å². The van der Waals surface area contributed by atoms with Crippen LogP contribution in [0.3, 0.4) is 0 Å². The van der Waals surface area contributed by atoms with Crippen LogP contribution in [0.4, 0.5) is 0 Å². The first kappa shape index (κ1) is 19.0. The summed E-state index contributed by atoms with van der Waals surface area (Å²) in [5.41, 5.74) is 0. The number of hydrogen-bond acceptors (Lipinski definition) is 4. The van der Waals surface area contributed by atoms with E-state index in [2.05, 4.69) is 27.1 Å². The van der Waals surface area contributed by atoms with E-state index in [9.17, 15) is 4.79 Å². The zero-order valence-electron chi connectivity index (χ0n) is 14.5. The molecule has 3 heterocycles. The molecular formula is C17H33ClN4O. The number of piperazine rings is 1. The molecule has 0 saturated carbocycles. The molecule has 0 aliphatic carbocycles. The molecule has 23 heavy (non-hydrogen) atoms. The quantitative estimate of drug-likeness (QED) is 0.830. The fourth-order valence-electron chi connectivity index (χ4n) is 4.15. The van der Waals surface area contributed by atoms with Crippen molar-refractivity contribution in [3.8, 4) is 0 Å². The lowest BCUT2D eigenvalue weighted by molar-refractivity contribution is -0.138. The standard InChI is InChI=1S/C17H32N4O.ClH/c1-19-9-3-2-4-16(19)14-20-10-12-21(13-11-20)17(22)15-5-7-18-8-6-15;/h15-16,18H,2-14H2,1H3;1H. The normalized spacial score (nSPS) is 28.4. The largest absolute Gasteiger partial charge is 0.340 e. The summed E-state index contributed by atoms with van der Waals surface area (Å²) in [6.45, 7) is 8.42. The SMILES string of the molecule is CN1CCCCC1CN1CCN(C(=O)C2CCNCC2)CC1.Cl. The highest BCUT2D eigenvalue weighted by atomic mass is 35.5. The van der Waals surface area contributed by atoms with Crippen LogP contribution in [0, 0.1) is 5.92 Å². The van der Waals surface area contributed by atoms with Gasteiger partial charge in [0.25, 0.3) is 0 Å². The Morgan fingerprint density at radius 1 is 1.00 bits per heavy atom. The van der Waals surface area contributed by atoms with Crippen LogP contribution >= 0.6 is 12.4 Å². The van der Waals surface area contributed by atoms with Crippen molar-refractivity contribution in [1.82, 2.24) is 20.0 Å². The van der Waals surface area contributed by atoms with Gasteiger partial charge in [0.1, 0.15) is 0 Å². The zero-order valence-corrected chi connectivity index (χ0v) is 15.3. The molecule has 3 aliphatic heterocycles. The minimum absolute atomic E-state index is 0. The number of likely N-dealkylation sites (tertiary alicyclic amines) is 1. The number of likely N-dealkylation sites (N-methyl/N-ethyl adjacent to an activating group) is 1. The fraction of sp³-hybridized carbons (Fsp3) is 0.941. The van der Waals surface area contributed by atoms with Crippen LogP contribution < -0.4 is 5.32 Å². The average molecular weight is 345 g/mol. The van der Waals surface area contributed by atoms with Gasteiger partial charge in [-0.05, 0) is 52.4 Å². The minimum atomic E-state index is 0. The van der Waals surface area contributed by atoms with Gasteiger partial charge in [-0.1, -0.05) is 6.42 Å². The number of piperidine rings is 2. The maximum Gasteiger partial charge on any atom is 0.225 e. The summed E-state index contributed by atoms with van der Waals surface area (Å²) in [6, 6.07) is 0.723. The topological polar surface area (TPSA) is 38.8 Å². The van der Waals surface area contributed by atoms with Crippen molar-refractivity contribution in [1.29, 1.82) is 0 Å². The van der Waals surface area contributed by atoms with Crippen LogP contribution in [-0.2, 0) is 4.79 Å². The minimum Gasteiger partial charge on any atom is -0.340 e. The van der Waals surface area contributed by atoms with E-state index in [1.807, 2.05) is 0 Å². The molecule has 1 unspecified atom stereocenters. The van der Waals surface area contributed by atoms with E-state index in [4.69, 9.17) is 0 Å². The third-order valence-corrected chi connectivity index (χ3v) is 5.76. The summed E-state index contributed by atoms with van der Waals surface area (Å²) in [7, 11) is 2.26. The van der Waals surface area contributed by atoms with Crippen molar-refractivity contribution in [3.63, 3.8) is 0 Å². The van der Waals surface area contributed by atoms with Crippen molar-refractivity contribution in [3.05, 3.63) is 0 Å². The Balaban J connectivity index is 0.00000192. The van der Waals surface area contributed by atoms with Gasteiger partial charge in [-0.25, -0.2) is 0 Å². The number of rotatable bonds is 3. The van der Waals surface area contributed by atoms with E-state index in [-0.39, 0.29) is 18.3 Å². The molecule has 0 aromatic rings. The number of carbonyl (C=O) groups is 1. The van der Waals surface area contributed by atoms with E-state index in [0.29, 0.717) is 5.91 Å². The lowest BCUT2D eigenvalue weighted by Gasteiger charge is -2.41. The Morgan fingerprint density at radius 3 is 2.35 bits per heavy atom. The van der Waals surface area contributed by atoms with Crippen LogP contribution in [0.5, 0.6) is 0 Å². The van der Waals surface area contributed by atoms with E-state index < -0.39 is 0 Å². The molecule has 134 valence electrons. The van der Waals surface area contributed by atoms with Gasteiger partial charge in [0.15, 0.2) is 0 Å². The van der Waals surface area contributed by atoms with Crippen LogP contribution in [-0.4, -0.2) is 86.1 Å². The Kier molecular flexibility index (Phi) is 7.60. The van der Waals surface area contributed by atoms with Gasteiger partial charge in [-0.2, -0.15) is 0 Å². The first-order chi connectivity index (χ1) is 10.7. The smallest absolute Gasteiger partial charge is 0.225 e. The second-order valence-corrected chi connectivity index (χ2v) is 7.28. The molecule has 3 saturated heterocycles. The molecule has 1 N–H and O–H groups in total. The maximum atomic E-state index is 12.6. The van der Waals surface area contributed by atoms with Crippen LogP contribution in [0.25, 0.3) is 0 Å². The summed E-state index contributed by atoms with van der Waals surface area (Å²) in [5, 5.41) is 3.35. The molecule has 0 bridgehead atoms. The van der Waals surface area contributed by atoms with Gasteiger partial charge in [0, 0.05) is 44.7 Å². The Morgan fingerprint density at radius 2 is 1.70 bits per heavy atom. The summed E-state index contributed by atoms with van der Waals surface area (Å²) in [5.74, 6) is 0.688. The summed E-state index contributed by atoms with van der Waals surface area (Å²) < 4.78 is 0. The highest BCUT2D eigenvalue weighted by Crippen LogP contribution is 2.19. The molecule has 6 heteroatoms. The van der Waals surface area contributed by atoms with E-state index >= 15 is 0 Å². The van der Waals surface area contributed by atoms with Crippen LogP contribution in [0.2, 0.25) is 0 Å². The van der Waals surface area contributed by atoms with Crippen molar-refractivity contribution < 1.29 is 4.79 Å². The van der Waals surface area contributed by atoms with Crippen molar-refractivity contribution in [2.24, 2.45) is 5.92 Å². The lowest BCUT2D eigenvalue weighted by atomic mass is 9.96. The number of carbonyl (C=O) groups excluding carboxylic acids is 1. The molecule has 3 rings (SSSR count). The van der Waals surface area contributed by atoms with Crippen LogP contribution in [0.15, 0.2) is 0 Å². The molecule has 3 aliphatic rings. The molecule has 3 fully saturated rings. The monoisotopic (exact) mass is 344 g/mol. The number of nitrogens with zero attached hydrogens (tertiary/aromatic N) is 3. The van der Waals surface area contributed by atoms with Crippen molar-refractivity contribution >= 4 is 18.3 Å². The number of halogens is 1. The number of amides is 1. The summed E-state index contributed by atoms with van der Waals surface area (Å²) in [6.07, 6.45) is 6.11. The third kappa shape index (κ3) is 5.05. The molecule has 0 aromatic carbocycles. The Bertz CT molecular complexity index is 368. The summed E-state index contributed by atoms with van der Waals surface area (Å²) >= 11 is 0. The number of nitrogens with one attached hydrogen (secondary N) is 1. The maximum absolute atomic E-state index is 12.6. The molecule has 0 radical (unpaired) electrons. The fourth-order valence-corrected chi connectivity index (χ4v) is 4.15. The molecule has 1 atom stereocenters. The number of hydrogen-bond donors (Lipinski definition) is 1. The first-order valence-corrected chi connectivity index (χ1v) is 9.16.